The summed E-state index contributed by atoms with van der Waals surface area (Å²) in [5.74, 6) is 0.907. The van der Waals surface area contributed by atoms with Crippen molar-refractivity contribution in [3.8, 4) is 11.5 Å². The summed E-state index contributed by atoms with van der Waals surface area (Å²) in [6, 6.07) is 10.4. The Morgan fingerprint density at radius 2 is 1.95 bits per heavy atom. The highest BCUT2D eigenvalue weighted by molar-refractivity contribution is 6.31. The van der Waals surface area contributed by atoms with Crippen molar-refractivity contribution in [2.45, 2.75) is 13.8 Å². The molecule has 4 nitrogen and oxygen atoms in total. The molecular formula is C17H18ClNO3. The zero-order valence-electron chi connectivity index (χ0n) is 12.8. The fourth-order valence-electron chi connectivity index (χ4n) is 2.01. The molecule has 0 heterocycles. The van der Waals surface area contributed by atoms with E-state index in [4.69, 9.17) is 21.1 Å². The molecule has 0 radical (unpaired) electrons. The molecule has 0 unspecified atom stereocenters. The Hall–Kier alpha value is -2.20. The minimum atomic E-state index is -0.230. The molecule has 0 atom stereocenters. The highest BCUT2D eigenvalue weighted by Gasteiger charge is 2.12. The fourth-order valence-corrected chi connectivity index (χ4v) is 2.18. The van der Waals surface area contributed by atoms with Crippen LogP contribution < -0.4 is 14.8 Å². The van der Waals surface area contributed by atoms with Crippen molar-refractivity contribution in [1.29, 1.82) is 0 Å². The van der Waals surface area contributed by atoms with Gasteiger partial charge in [0.1, 0.15) is 0 Å². The van der Waals surface area contributed by atoms with E-state index in [0.717, 1.165) is 5.56 Å². The first-order chi connectivity index (χ1) is 10.5. The number of ether oxygens (including phenoxy) is 2. The normalized spacial score (nSPS) is 10.2. The molecule has 1 amide bonds. The van der Waals surface area contributed by atoms with E-state index in [1.54, 1.807) is 37.4 Å². The lowest BCUT2D eigenvalue weighted by atomic mass is 10.1. The van der Waals surface area contributed by atoms with Crippen molar-refractivity contribution in [3.05, 3.63) is 52.5 Å². The van der Waals surface area contributed by atoms with Crippen molar-refractivity contribution in [2.24, 2.45) is 0 Å². The van der Waals surface area contributed by atoms with Gasteiger partial charge in [-0.25, -0.2) is 0 Å². The van der Waals surface area contributed by atoms with Crippen molar-refractivity contribution in [2.75, 3.05) is 19.0 Å². The van der Waals surface area contributed by atoms with Crippen molar-refractivity contribution >= 4 is 23.2 Å². The predicted octanol–water partition coefficient (Wildman–Crippen LogP) is 4.31. The Morgan fingerprint density at radius 3 is 2.64 bits per heavy atom. The molecular weight excluding hydrogens is 302 g/mol. The molecule has 0 aromatic heterocycles. The maximum atomic E-state index is 12.4. The molecule has 0 saturated carbocycles. The van der Waals surface area contributed by atoms with Gasteiger partial charge in [-0.1, -0.05) is 17.7 Å². The van der Waals surface area contributed by atoms with Crippen molar-refractivity contribution in [1.82, 2.24) is 0 Å². The van der Waals surface area contributed by atoms with Crippen LogP contribution >= 0.6 is 11.6 Å². The number of hydrogen-bond donors (Lipinski definition) is 1. The second kappa shape index (κ2) is 7.18. The summed E-state index contributed by atoms with van der Waals surface area (Å²) >= 11 is 5.96. The van der Waals surface area contributed by atoms with E-state index >= 15 is 0 Å². The maximum absolute atomic E-state index is 12.4. The first-order valence-electron chi connectivity index (χ1n) is 6.93. The Balaban J connectivity index is 2.24. The third-order valence-electron chi connectivity index (χ3n) is 3.17. The summed E-state index contributed by atoms with van der Waals surface area (Å²) in [5, 5.41) is 3.42. The van der Waals surface area contributed by atoms with Crippen molar-refractivity contribution in [3.63, 3.8) is 0 Å². The van der Waals surface area contributed by atoms with Gasteiger partial charge in [-0.2, -0.15) is 0 Å². The summed E-state index contributed by atoms with van der Waals surface area (Å²) in [6.07, 6.45) is 0. The van der Waals surface area contributed by atoms with Gasteiger partial charge < -0.3 is 14.8 Å². The molecule has 22 heavy (non-hydrogen) atoms. The maximum Gasteiger partial charge on any atom is 0.255 e. The number of carbonyl (C=O) groups excluding carboxylic acids is 1. The van der Waals surface area contributed by atoms with Crippen LogP contribution in [-0.2, 0) is 0 Å². The van der Waals surface area contributed by atoms with Crippen LogP contribution in [-0.4, -0.2) is 19.6 Å². The molecule has 0 aliphatic carbocycles. The standard InChI is InChI=1S/C17H18ClNO3/c1-4-22-15-8-6-12(9-16(15)21-3)17(20)19-14-10-13(18)7-5-11(14)2/h5-10H,4H2,1-3H3,(H,19,20). The summed E-state index contributed by atoms with van der Waals surface area (Å²) < 4.78 is 10.7. The monoisotopic (exact) mass is 319 g/mol. The van der Waals surface area contributed by atoms with E-state index in [9.17, 15) is 4.79 Å². The van der Waals surface area contributed by atoms with Crippen LogP contribution in [0.3, 0.4) is 0 Å². The lowest BCUT2D eigenvalue weighted by Crippen LogP contribution is -2.13. The van der Waals surface area contributed by atoms with E-state index in [1.807, 2.05) is 19.9 Å². The topological polar surface area (TPSA) is 47.6 Å². The van der Waals surface area contributed by atoms with Crippen LogP contribution in [0.25, 0.3) is 0 Å². The third-order valence-corrected chi connectivity index (χ3v) is 3.41. The molecule has 0 bridgehead atoms. The summed E-state index contributed by atoms with van der Waals surface area (Å²) in [7, 11) is 1.54. The molecule has 116 valence electrons. The lowest BCUT2D eigenvalue weighted by molar-refractivity contribution is 0.102. The quantitative estimate of drug-likeness (QED) is 0.893. The highest BCUT2D eigenvalue weighted by atomic mass is 35.5. The molecule has 0 aliphatic rings. The minimum Gasteiger partial charge on any atom is -0.493 e. The van der Waals surface area contributed by atoms with Crippen LogP contribution in [0.1, 0.15) is 22.8 Å². The summed E-state index contributed by atoms with van der Waals surface area (Å²) in [6.45, 7) is 4.33. The zero-order valence-corrected chi connectivity index (χ0v) is 13.5. The predicted molar refractivity (Wildman–Crippen MR) is 88.3 cm³/mol. The minimum absolute atomic E-state index is 0.230. The van der Waals surface area contributed by atoms with Crippen LogP contribution in [0, 0.1) is 6.92 Å². The molecule has 0 fully saturated rings. The van der Waals surface area contributed by atoms with Gasteiger partial charge in [0.2, 0.25) is 0 Å². The van der Waals surface area contributed by atoms with E-state index in [-0.39, 0.29) is 5.91 Å². The number of rotatable bonds is 5. The van der Waals surface area contributed by atoms with Crippen LogP contribution in [0.15, 0.2) is 36.4 Å². The van der Waals surface area contributed by atoms with Crippen molar-refractivity contribution < 1.29 is 14.3 Å². The number of carbonyl (C=O) groups is 1. The summed E-state index contributed by atoms with van der Waals surface area (Å²) in [4.78, 5) is 12.4. The molecule has 0 aliphatic heterocycles. The lowest BCUT2D eigenvalue weighted by Gasteiger charge is -2.12. The SMILES string of the molecule is CCOc1ccc(C(=O)Nc2cc(Cl)ccc2C)cc1OC. The second-order valence-corrected chi connectivity index (χ2v) is 5.15. The second-order valence-electron chi connectivity index (χ2n) is 4.71. The first-order valence-corrected chi connectivity index (χ1v) is 7.31. The van der Waals surface area contributed by atoms with Gasteiger partial charge in [0.05, 0.1) is 13.7 Å². The van der Waals surface area contributed by atoms with Gasteiger partial charge in [-0.3, -0.25) is 4.79 Å². The van der Waals surface area contributed by atoms with Crippen LogP contribution in [0.2, 0.25) is 5.02 Å². The fraction of sp³-hybridized carbons (Fsp3) is 0.235. The van der Waals surface area contributed by atoms with E-state index in [0.29, 0.717) is 34.4 Å². The van der Waals surface area contributed by atoms with Crippen LogP contribution in [0.5, 0.6) is 11.5 Å². The number of halogens is 1. The molecule has 2 aromatic rings. The zero-order chi connectivity index (χ0) is 16.1. The molecule has 0 spiro atoms. The number of nitrogens with one attached hydrogen (secondary N) is 1. The Morgan fingerprint density at radius 1 is 1.18 bits per heavy atom. The van der Waals surface area contributed by atoms with Gasteiger partial charge in [0.25, 0.3) is 5.91 Å². The number of benzene rings is 2. The molecule has 0 saturated heterocycles. The van der Waals surface area contributed by atoms with Gasteiger partial charge >= 0.3 is 0 Å². The van der Waals surface area contributed by atoms with E-state index in [1.165, 1.54) is 0 Å². The molecule has 2 aromatic carbocycles. The first kappa shape index (κ1) is 16.2. The van der Waals surface area contributed by atoms with Gasteiger partial charge in [0.15, 0.2) is 11.5 Å². The molecule has 1 N–H and O–H groups in total. The Bertz CT molecular complexity index is 686. The average Bonchev–Trinajstić information content (AvgIpc) is 2.51. The molecule has 2 rings (SSSR count). The summed E-state index contributed by atoms with van der Waals surface area (Å²) in [5.41, 5.74) is 2.11. The average molecular weight is 320 g/mol. The number of methoxy groups -OCH3 is 1. The number of aryl methyl sites for hydroxylation is 1. The van der Waals surface area contributed by atoms with Gasteiger partial charge in [-0.05, 0) is 49.7 Å². The van der Waals surface area contributed by atoms with E-state index < -0.39 is 0 Å². The Labute approximate surface area is 135 Å². The number of anilines is 1. The van der Waals surface area contributed by atoms with Crippen LogP contribution in [0.4, 0.5) is 5.69 Å². The largest absolute Gasteiger partial charge is 0.493 e. The smallest absolute Gasteiger partial charge is 0.255 e. The highest BCUT2D eigenvalue weighted by Crippen LogP contribution is 2.28. The van der Waals surface area contributed by atoms with E-state index in [2.05, 4.69) is 5.32 Å². The van der Waals surface area contributed by atoms with Gasteiger partial charge in [-0.15, -0.1) is 0 Å². The molecule has 5 heteroatoms. The third kappa shape index (κ3) is 3.71. The number of amides is 1. The van der Waals surface area contributed by atoms with Gasteiger partial charge in [0, 0.05) is 16.3 Å². The Kier molecular flexibility index (Phi) is 5.28. The number of hydrogen-bond acceptors (Lipinski definition) is 3.